The largest absolute Gasteiger partial charge is 0.383 e. The molecule has 5 nitrogen and oxygen atoms in total. The summed E-state index contributed by atoms with van der Waals surface area (Å²) >= 11 is 1.98. The molecule has 0 unspecified atom stereocenters. The minimum atomic E-state index is 0.296. The molecular weight excluding hydrogens is 344 g/mol. The molecule has 2 N–H and O–H groups in total. The van der Waals surface area contributed by atoms with Gasteiger partial charge in [0, 0.05) is 36.4 Å². The van der Waals surface area contributed by atoms with Crippen LogP contribution in [0.4, 0.5) is 0 Å². The lowest BCUT2D eigenvalue weighted by molar-refractivity contribution is 0.161. The smallest absolute Gasteiger partial charge is 0.191 e. The first-order chi connectivity index (χ1) is 12.7. The van der Waals surface area contributed by atoms with Gasteiger partial charge in [-0.3, -0.25) is 4.99 Å². The average molecular weight is 379 g/mol. The molecular formula is C20H34N4OS. The third kappa shape index (κ3) is 7.98. The van der Waals surface area contributed by atoms with Crippen molar-refractivity contribution in [1.29, 1.82) is 0 Å². The number of thioether (sulfide) groups is 1. The molecule has 0 radical (unpaired) electrons. The monoisotopic (exact) mass is 378 g/mol. The number of hydrogen-bond acceptors (Lipinski definition) is 4. The summed E-state index contributed by atoms with van der Waals surface area (Å²) in [6.45, 7) is 7.62. The van der Waals surface area contributed by atoms with E-state index in [-0.39, 0.29) is 0 Å². The highest BCUT2D eigenvalue weighted by Gasteiger charge is 2.43. The van der Waals surface area contributed by atoms with Crippen molar-refractivity contribution in [3.05, 3.63) is 30.3 Å². The van der Waals surface area contributed by atoms with E-state index in [1.54, 1.807) is 7.11 Å². The van der Waals surface area contributed by atoms with Crippen molar-refractivity contribution in [3.63, 3.8) is 0 Å². The summed E-state index contributed by atoms with van der Waals surface area (Å²) in [5, 5.41) is 6.83. The van der Waals surface area contributed by atoms with Crippen LogP contribution >= 0.6 is 11.8 Å². The lowest BCUT2D eigenvalue weighted by Gasteiger charge is -2.17. The maximum Gasteiger partial charge on any atom is 0.191 e. The van der Waals surface area contributed by atoms with Crippen molar-refractivity contribution in [1.82, 2.24) is 15.5 Å². The number of benzene rings is 1. The standard InChI is InChI=1S/C20H34N4OS/c1-4-21-19(22-13-8-14-24(2)15-16-25-3)23-17-20(11-12-20)26-18-9-6-5-7-10-18/h5-7,9-10H,4,8,11-17H2,1-3H3,(H2,21,22,23). The fourth-order valence-corrected chi connectivity index (χ4v) is 3.88. The van der Waals surface area contributed by atoms with E-state index >= 15 is 0 Å². The van der Waals surface area contributed by atoms with E-state index in [2.05, 4.69) is 59.8 Å². The van der Waals surface area contributed by atoms with Crippen molar-refractivity contribution in [2.45, 2.75) is 35.8 Å². The van der Waals surface area contributed by atoms with E-state index in [0.717, 1.165) is 51.7 Å². The lowest BCUT2D eigenvalue weighted by Crippen LogP contribution is -2.39. The fourth-order valence-electron chi connectivity index (χ4n) is 2.65. The summed E-state index contributed by atoms with van der Waals surface area (Å²) in [6, 6.07) is 10.7. The van der Waals surface area contributed by atoms with Gasteiger partial charge in [-0.2, -0.15) is 0 Å². The van der Waals surface area contributed by atoms with Crippen LogP contribution in [-0.2, 0) is 4.74 Å². The molecule has 0 spiro atoms. The number of aliphatic imine (C=N–C) groups is 1. The molecule has 1 aliphatic rings. The molecule has 0 heterocycles. The molecule has 1 aromatic carbocycles. The number of ether oxygens (including phenoxy) is 1. The van der Waals surface area contributed by atoms with E-state index in [0.29, 0.717) is 4.75 Å². The molecule has 1 fully saturated rings. The van der Waals surface area contributed by atoms with Gasteiger partial charge >= 0.3 is 0 Å². The Hall–Kier alpha value is -1.24. The van der Waals surface area contributed by atoms with Crippen LogP contribution in [0.1, 0.15) is 26.2 Å². The number of nitrogens with one attached hydrogen (secondary N) is 2. The Morgan fingerprint density at radius 1 is 1.23 bits per heavy atom. The molecule has 1 saturated carbocycles. The number of likely N-dealkylation sites (N-methyl/N-ethyl adjacent to an activating group) is 1. The van der Waals surface area contributed by atoms with Crippen molar-refractivity contribution in [3.8, 4) is 0 Å². The van der Waals surface area contributed by atoms with Crippen LogP contribution in [0, 0.1) is 0 Å². The van der Waals surface area contributed by atoms with Crippen molar-refractivity contribution >= 4 is 17.7 Å². The Bertz CT molecular complexity index is 534. The lowest BCUT2D eigenvalue weighted by atomic mass is 10.4. The van der Waals surface area contributed by atoms with Crippen LogP contribution in [-0.4, -0.2) is 69.1 Å². The first kappa shape index (κ1) is 21.1. The molecule has 1 aromatic rings. The highest BCUT2D eigenvalue weighted by molar-refractivity contribution is 8.01. The number of rotatable bonds is 12. The van der Waals surface area contributed by atoms with Crippen molar-refractivity contribution < 1.29 is 4.74 Å². The number of methoxy groups -OCH3 is 1. The van der Waals surface area contributed by atoms with Gasteiger partial charge in [0.1, 0.15) is 0 Å². The van der Waals surface area contributed by atoms with Gasteiger partial charge in [0.25, 0.3) is 0 Å². The predicted octanol–water partition coefficient (Wildman–Crippen LogP) is 2.83. The maximum atomic E-state index is 5.11. The van der Waals surface area contributed by atoms with Gasteiger partial charge < -0.3 is 20.3 Å². The summed E-state index contributed by atoms with van der Waals surface area (Å²) in [5.41, 5.74) is 0. The molecule has 0 saturated heterocycles. The van der Waals surface area contributed by atoms with Crippen LogP contribution in [0.5, 0.6) is 0 Å². The minimum absolute atomic E-state index is 0.296. The number of nitrogens with zero attached hydrogens (tertiary/aromatic N) is 2. The molecule has 146 valence electrons. The fraction of sp³-hybridized carbons (Fsp3) is 0.650. The van der Waals surface area contributed by atoms with E-state index in [9.17, 15) is 0 Å². The van der Waals surface area contributed by atoms with E-state index in [4.69, 9.17) is 9.73 Å². The second kappa shape index (κ2) is 11.5. The third-order valence-corrected chi connectivity index (χ3v) is 5.92. The number of hydrogen-bond donors (Lipinski definition) is 2. The van der Waals surface area contributed by atoms with Crippen LogP contribution in [0.15, 0.2) is 40.2 Å². The molecule has 2 rings (SSSR count). The number of guanidine groups is 1. The first-order valence-electron chi connectivity index (χ1n) is 9.61. The van der Waals surface area contributed by atoms with Gasteiger partial charge in [-0.1, -0.05) is 18.2 Å². The van der Waals surface area contributed by atoms with Gasteiger partial charge in [0.05, 0.1) is 13.2 Å². The maximum absolute atomic E-state index is 5.11. The normalized spacial score (nSPS) is 15.9. The zero-order chi connectivity index (χ0) is 18.7. The summed E-state index contributed by atoms with van der Waals surface area (Å²) in [4.78, 5) is 8.49. The highest BCUT2D eigenvalue weighted by atomic mass is 32.2. The zero-order valence-electron chi connectivity index (χ0n) is 16.5. The summed E-state index contributed by atoms with van der Waals surface area (Å²) < 4.78 is 5.41. The van der Waals surface area contributed by atoms with Gasteiger partial charge in [-0.05, 0) is 51.9 Å². The predicted molar refractivity (Wildman–Crippen MR) is 112 cm³/mol. The summed E-state index contributed by atoms with van der Waals surface area (Å²) in [5.74, 6) is 0.937. The Labute approximate surface area is 163 Å². The van der Waals surface area contributed by atoms with Crippen molar-refractivity contribution in [2.24, 2.45) is 4.99 Å². The van der Waals surface area contributed by atoms with E-state index in [1.807, 2.05) is 11.8 Å². The molecule has 1 aliphatic carbocycles. The first-order valence-corrected chi connectivity index (χ1v) is 10.4. The van der Waals surface area contributed by atoms with Gasteiger partial charge in [0.2, 0.25) is 0 Å². The quantitative estimate of drug-likeness (QED) is 0.333. The highest BCUT2D eigenvalue weighted by Crippen LogP contribution is 2.51. The summed E-state index contributed by atoms with van der Waals surface area (Å²) in [6.07, 6.45) is 3.59. The molecule has 26 heavy (non-hydrogen) atoms. The Morgan fingerprint density at radius 2 is 2.00 bits per heavy atom. The SMILES string of the molecule is CCNC(=NCC1(Sc2ccccc2)CC1)NCCCN(C)CCOC. The third-order valence-electron chi connectivity index (χ3n) is 4.44. The van der Waals surface area contributed by atoms with Crippen molar-refractivity contribution in [2.75, 3.05) is 53.5 Å². The Balaban J connectivity index is 1.74. The zero-order valence-corrected chi connectivity index (χ0v) is 17.3. The van der Waals surface area contributed by atoms with Crippen LogP contribution < -0.4 is 10.6 Å². The van der Waals surface area contributed by atoms with Crippen LogP contribution in [0.2, 0.25) is 0 Å². The van der Waals surface area contributed by atoms with Crippen LogP contribution in [0.25, 0.3) is 0 Å². The molecule has 0 amide bonds. The van der Waals surface area contributed by atoms with E-state index < -0.39 is 0 Å². The molecule has 0 aliphatic heterocycles. The Kier molecular flexibility index (Phi) is 9.29. The van der Waals surface area contributed by atoms with Gasteiger partial charge in [0.15, 0.2) is 5.96 Å². The summed E-state index contributed by atoms with van der Waals surface area (Å²) in [7, 11) is 3.88. The van der Waals surface area contributed by atoms with E-state index in [1.165, 1.54) is 17.7 Å². The molecule has 0 atom stereocenters. The molecule has 6 heteroatoms. The average Bonchev–Trinajstić information content (AvgIpc) is 3.42. The molecule has 0 bridgehead atoms. The topological polar surface area (TPSA) is 48.9 Å². The van der Waals surface area contributed by atoms with Gasteiger partial charge in [-0.25, -0.2) is 0 Å². The Morgan fingerprint density at radius 3 is 2.65 bits per heavy atom. The van der Waals surface area contributed by atoms with Crippen LogP contribution in [0.3, 0.4) is 0 Å². The van der Waals surface area contributed by atoms with Gasteiger partial charge in [-0.15, -0.1) is 11.8 Å². The minimum Gasteiger partial charge on any atom is -0.383 e. The molecule has 0 aromatic heterocycles. The second-order valence-corrected chi connectivity index (χ2v) is 8.41. The second-order valence-electron chi connectivity index (χ2n) is 6.87.